The molecule has 1 aromatic heterocycles. The Morgan fingerprint density at radius 3 is 2.36 bits per heavy atom. The number of fused-ring (bicyclic) bond motifs is 1. The van der Waals surface area contributed by atoms with Crippen molar-refractivity contribution in [1.29, 1.82) is 0 Å². The molecule has 2 heterocycles. The van der Waals surface area contributed by atoms with Crippen molar-refractivity contribution in [2.45, 2.75) is 91.4 Å². The van der Waals surface area contributed by atoms with Crippen molar-refractivity contribution >= 4 is 11.3 Å². The van der Waals surface area contributed by atoms with Gasteiger partial charge < -0.3 is 0 Å². The third kappa shape index (κ3) is 4.06. The van der Waals surface area contributed by atoms with Crippen LogP contribution in [0.3, 0.4) is 0 Å². The molecule has 3 unspecified atom stereocenters. The van der Waals surface area contributed by atoms with Crippen LogP contribution in [0.25, 0.3) is 0 Å². The van der Waals surface area contributed by atoms with E-state index < -0.39 is 0 Å². The molecular weight excluding hydrogens is 364 g/mol. The maximum Gasteiger partial charge on any atom is 0.0960 e. The van der Waals surface area contributed by atoms with Crippen LogP contribution in [0.1, 0.15) is 102 Å². The molecule has 3 nitrogen and oxygen atoms in total. The standard InChI is InChI=1S/C24H40N2OS/c1-6-27-26-13-9-17(10-14-26)22-25-21(16-28-22)18-7-8-19-20(15-18)24(4,5)12-11-23(19,2)3/h16-20H,6-15H2,1-5H3. The maximum atomic E-state index is 5.67. The molecule has 0 bridgehead atoms. The van der Waals surface area contributed by atoms with Crippen molar-refractivity contribution in [3.63, 3.8) is 0 Å². The molecule has 4 rings (SSSR count). The molecule has 3 aliphatic rings. The minimum Gasteiger partial charge on any atom is -0.299 e. The number of rotatable bonds is 4. The molecule has 4 heteroatoms. The Labute approximate surface area is 176 Å². The Bertz CT molecular complexity index is 659. The molecular formula is C24H40N2OS. The van der Waals surface area contributed by atoms with E-state index in [1.165, 1.54) is 55.6 Å². The summed E-state index contributed by atoms with van der Waals surface area (Å²) in [5, 5.41) is 5.92. The second-order valence-corrected chi connectivity index (χ2v) is 11.8. The van der Waals surface area contributed by atoms with Crippen molar-refractivity contribution in [2.75, 3.05) is 19.7 Å². The number of aromatic nitrogens is 1. The second kappa shape index (κ2) is 8.00. The normalized spacial score (nSPS) is 33.5. The van der Waals surface area contributed by atoms with Gasteiger partial charge in [0.1, 0.15) is 0 Å². The topological polar surface area (TPSA) is 25.4 Å². The molecule has 28 heavy (non-hydrogen) atoms. The summed E-state index contributed by atoms with van der Waals surface area (Å²) in [5.41, 5.74) is 2.42. The van der Waals surface area contributed by atoms with Gasteiger partial charge in [-0.05, 0) is 74.5 Å². The Morgan fingerprint density at radius 2 is 1.68 bits per heavy atom. The Hall–Kier alpha value is -0.450. The highest BCUT2D eigenvalue weighted by Gasteiger charge is 2.50. The van der Waals surface area contributed by atoms with Gasteiger partial charge in [-0.2, -0.15) is 5.06 Å². The van der Waals surface area contributed by atoms with Crippen molar-refractivity contribution in [1.82, 2.24) is 10.0 Å². The third-order valence-electron chi connectivity index (χ3n) is 8.34. The Morgan fingerprint density at radius 1 is 1.00 bits per heavy atom. The van der Waals surface area contributed by atoms with Gasteiger partial charge in [0, 0.05) is 30.3 Å². The largest absolute Gasteiger partial charge is 0.299 e. The highest BCUT2D eigenvalue weighted by atomic mass is 32.1. The minimum atomic E-state index is 0.490. The smallest absolute Gasteiger partial charge is 0.0960 e. The molecule has 0 amide bonds. The van der Waals surface area contributed by atoms with Crippen LogP contribution in [-0.2, 0) is 4.84 Å². The Balaban J connectivity index is 1.42. The van der Waals surface area contributed by atoms with Crippen LogP contribution < -0.4 is 0 Å². The molecule has 0 N–H and O–H groups in total. The fourth-order valence-corrected chi connectivity index (χ4v) is 7.42. The zero-order chi connectivity index (χ0) is 19.9. The van der Waals surface area contributed by atoms with Gasteiger partial charge in [-0.15, -0.1) is 11.3 Å². The third-order valence-corrected chi connectivity index (χ3v) is 9.37. The summed E-state index contributed by atoms with van der Waals surface area (Å²) >= 11 is 1.92. The van der Waals surface area contributed by atoms with Gasteiger partial charge in [-0.25, -0.2) is 4.98 Å². The van der Waals surface area contributed by atoms with Gasteiger partial charge in [0.05, 0.1) is 17.3 Å². The molecule has 0 aromatic carbocycles. The molecule has 158 valence electrons. The average molecular weight is 405 g/mol. The minimum absolute atomic E-state index is 0.490. The number of thiazole rings is 1. The quantitative estimate of drug-likeness (QED) is 0.564. The van der Waals surface area contributed by atoms with Crippen LogP contribution >= 0.6 is 11.3 Å². The van der Waals surface area contributed by atoms with Gasteiger partial charge in [0.15, 0.2) is 0 Å². The Kier molecular flexibility index (Phi) is 5.94. The fourth-order valence-electron chi connectivity index (χ4n) is 6.34. The van der Waals surface area contributed by atoms with Crippen LogP contribution in [0.2, 0.25) is 0 Å². The van der Waals surface area contributed by atoms with E-state index in [9.17, 15) is 0 Å². The molecule has 1 saturated heterocycles. The number of hydrogen-bond acceptors (Lipinski definition) is 4. The first-order chi connectivity index (χ1) is 13.3. The van der Waals surface area contributed by atoms with Crippen LogP contribution in [-0.4, -0.2) is 29.7 Å². The molecule has 0 spiro atoms. The summed E-state index contributed by atoms with van der Waals surface area (Å²) in [4.78, 5) is 10.9. The van der Waals surface area contributed by atoms with E-state index in [0.29, 0.717) is 22.7 Å². The van der Waals surface area contributed by atoms with Crippen LogP contribution in [0, 0.1) is 22.7 Å². The van der Waals surface area contributed by atoms with E-state index in [-0.39, 0.29) is 0 Å². The summed E-state index contributed by atoms with van der Waals surface area (Å²) < 4.78 is 0. The van der Waals surface area contributed by atoms with Gasteiger partial charge in [-0.3, -0.25) is 4.84 Å². The lowest BCUT2D eigenvalue weighted by Gasteiger charge is -2.55. The van der Waals surface area contributed by atoms with Crippen LogP contribution in [0.15, 0.2) is 5.38 Å². The predicted molar refractivity (Wildman–Crippen MR) is 118 cm³/mol. The summed E-state index contributed by atoms with van der Waals surface area (Å²) in [6, 6.07) is 0. The molecule has 3 atom stereocenters. The van der Waals surface area contributed by atoms with E-state index in [4.69, 9.17) is 9.82 Å². The maximum absolute atomic E-state index is 5.67. The zero-order valence-electron chi connectivity index (χ0n) is 18.7. The van der Waals surface area contributed by atoms with Crippen LogP contribution in [0.4, 0.5) is 0 Å². The summed E-state index contributed by atoms with van der Waals surface area (Å²) in [5.74, 6) is 3.07. The molecule has 2 aliphatic carbocycles. The molecule has 1 aliphatic heterocycles. The molecule has 0 radical (unpaired) electrons. The van der Waals surface area contributed by atoms with Gasteiger partial charge in [0.2, 0.25) is 0 Å². The lowest BCUT2D eigenvalue weighted by Crippen LogP contribution is -2.46. The van der Waals surface area contributed by atoms with Gasteiger partial charge in [-0.1, -0.05) is 27.7 Å². The van der Waals surface area contributed by atoms with E-state index >= 15 is 0 Å². The first kappa shape index (κ1) is 20.8. The predicted octanol–water partition coefficient (Wildman–Crippen LogP) is 6.62. The van der Waals surface area contributed by atoms with E-state index in [1.807, 2.05) is 11.3 Å². The van der Waals surface area contributed by atoms with Crippen molar-refractivity contribution in [2.24, 2.45) is 22.7 Å². The van der Waals surface area contributed by atoms with Crippen molar-refractivity contribution in [3.8, 4) is 0 Å². The second-order valence-electron chi connectivity index (χ2n) is 10.9. The van der Waals surface area contributed by atoms with Gasteiger partial charge in [0.25, 0.3) is 0 Å². The zero-order valence-corrected chi connectivity index (χ0v) is 19.5. The summed E-state index contributed by atoms with van der Waals surface area (Å²) in [7, 11) is 0. The number of nitrogens with zero attached hydrogens (tertiary/aromatic N) is 2. The van der Waals surface area contributed by atoms with Crippen LogP contribution in [0.5, 0.6) is 0 Å². The molecule has 2 saturated carbocycles. The number of hydrogen-bond donors (Lipinski definition) is 0. The number of hydroxylamine groups is 2. The fraction of sp³-hybridized carbons (Fsp3) is 0.875. The van der Waals surface area contributed by atoms with E-state index in [2.05, 4.69) is 45.1 Å². The lowest BCUT2D eigenvalue weighted by molar-refractivity contribution is -0.166. The van der Waals surface area contributed by atoms with E-state index in [0.717, 1.165) is 31.5 Å². The van der Waals surface area contributed by atoms with Crippen molar-refractivity contribution < 1.29 is 4.84 Å². The highest BCUT2D eigenvalue weighted by Crippen LogP contribution is 2.59. The molecule has 1 aromatic rings. The highest BCUT2D eigenvalue weighted by molar-refractivity contribution is 7.09. The van der Waals surface area contributed by atoms with Crippen molar-refractivity contribution in [3.05, 3.63) is 16.1 Å². The first-order valence-electron chi connectivity index (χ1n) is 11.6. The lowest BCUT2D eigenvalue weighted by atomic mass is 9.49. The summed E-state index contributed by atoms with van der Waals surface area (Å²) in [6.45, 7) is 15.0. The first-order valence-corrected chi connectivity index (χ1v) is 12.5. The van der Waals surface area contributed by atoms with E-state index in [1.54, 1.807) is 0 Å². The SMILES string of the molecule is CCON1CCC(c2nc(C3CCC4C(C3)C(C)(C)CCC4(C)C)cs2)CC1. The monoisotopic (exact) mass is 404 g/mol. The summed E-state index contributed by atoms with van der Waals surface area (Å²) in [6.07, 6.45) is 9.24. The average Bonchev–Trinajstić information content (AvgIpc) is 3.16. The number of piperidine rings is 1. The van der Waals surface area contributed by atoms with Gasteiger partial charge >= 0.3 is 0 Å². The molecule has 3 fully saturated rings.